The van der Waals surface area contributed by atoms with Crippen LogP contribution in [0.5, 0.6) is 0 Å². The summed E-state index contributed by atoms with van der Waals surface area (Å²) in [5.74, 6) is 8.65. The van der Waals surface area contributed by atoms with E-state index in [0.717, 1.165) is 5.75 Å². The summed E-state index contributed by atoms with van der Waals surface area (Å²) in [6.45, 7) is 2.09. The number of benzene rings is 1. The molecule has 0 aliphatic rings. The number of terminal acetylenes is 1. The van der Waals surface area contributed by atoms with E-state index in [4.69, 9.17) is 12.3 Å². The van der Waals surface area contributed by atoms with Crippen molar-refractivity contribution < 1.29 is 0 Å². The molecule has 0 saturated carbocycles. The topological polar surface area (TPSA) is 38.0 Å². The van der Waals surface area contributed by atoms with Gasteiger partial charge in [-0.05, 0) is 18.6 Å². The van der Waals surface area contributed by atoms with Gasteiger partial charge in [0.25, 0.3) is 0 Å². The van der Waals surface area contributed by atoms with E-state index in [0.29, 0.717) is 0 Å². The van der Waals surface area contributed by atoms with Crippen LogP contribution in [0.3, 0.4) is 0 Å². The van der Waals surface area contributed by atoms with Gasteiger partial charge in [0.2, 0.25) is 0 Å². The van der Waals surface area contributed by atoms with Crippen molar-refractivity contribution >= 4 is 11.8 Å². The summed E-state index contributed by atoms with van der Waals surface area (Å²) in [5.41, 5.74) is 3.85. The van der Waals surface area contributed by atoms with Crippen molar-refractivity contribution in [3.63, 3.8) is 0 Å². The highest BCUT2D eigenvalue weighted by molar-refractivity contribution is 7.99. The van der Waals surface area contributed by atoms with E-state index in [1.165, 1.54) is 10.5 Å². The third-order valence-electron chi connectivity index (χ3n) is 1.90. The van der Waals surface area contributed by atoms with E-state index in [2.05, 4.69) is 30.4 Å². The predicted octanol–water partition coefficient (Wildman–Crippen LogP) is 1.55. The number of nitrogens with two attached hydrogens (primary N) is 1. The van der Waals surface area contributed by atoms with Crippen LogP contribution in [0.1, 0.15) is 5.56 Å². The molecule has 0 bridgehead atoms. The second kappa shape index (κ2) is 5.71. The number of aryl methyl sites for hydroxylation is 1. The Balaban J connectivity index is 2.54. The zero-order chi connectivity index (χ0) is 10.4. The number of nitrogens with one attached hydrogen (secondary N) is 1. The Labute approximate surface area is 89.2 Å². The van der Waals surface area contributed by atoms with Crippen LogP contribution in [0.25, 0.3) is 0 Å². The maximum atomic E-state index is 5.28. The minimum absolute atomic E-state index is 0.0698. The molecule has 2 nitrogen and oxygen atoms in total. The molecule has 0 amide bonds. The first-order chi connectivity index (χ1) is 6.77. The summed E-state index contributed by atoms with van der Waals surface area (Å²) < 4.78 is 0. The summed E-state index contributed by atoms with van der Waals surface area (Å²) in [4.78, 5) is 1.25. The Morgan fingerprint density at radius 1 is 1.57 bits per heavy atom. The van der Waals surface area contributed by atoms with Gasteiger partial charge in [-0.15, -0.1) is 18.2 Å². The fourth-order valence-corrected chi connectivity index (χ4v) is 2.05. The summed E-state index contributed by atoms with van der Waals surface area (Å²) >= 11 is 1.72. The molecule has 0 saturated heterocycles. The monoisotopic (exact) mass is 206 g/mol. The fraction of sp³-hybridized carbons (Fsp3) is 0.273. The average molecular weight is 206 g/mol. The Kier molecular flexibility index (Phi) is 4.54. The summed E-state index contributed by atoms with van der Waals surface area (Å²) in [6.07, 6.45) is 5.28. The van der Waals surface area contributed by atoms with Gasteiger partial charge in [0.15, 0.2) is 0 Å². The molecule has 1 aromatic carbocycles. The van der Waals surface area contributed by atoms with Crippen molar-refractivity contribution in [2.75, 3.05) is 5.75 Å². The minimum atomic E-state index is -0.0698. The molecule has 3 N–H and O–H groups in total. The van der Waals surface area contributed by atoms with Crippen molar-refractivity contribution in [2.24, 2.45) is 5.84 Å². The molecule has 74 valence electrons. The van der Waals surface area contributed by atoms with Crippen LogP contribution in [-0.2, 0) is 0 Å². The molecular formula is C11H14N2S. The molecular weight excluding hydrogens is 192 g/mol. The van der Waals surface area contributed by atoms with E-state index < -0.39 is 0 Å². The SMILES string of the molecule is C#CC(CSc1ccccc1C)NN. The predicted molar refractivity (Wildman–Crippen MR) is 61.8 cm³/mol. The molecule has 1 rings (SSSR count). The van der Waals surface area contributed by atoms with Crippen LogP contribution in [0.2, 0.25) is 0 Å². The highest BCUT2D eigenvalue weighted by Crippen LogP contribution is 2.21. The summed E-state index contributed by atoms with van der Waals surface area (Å²) in [6, 6.07) is 8.15. The van der Waals surface area contributed by atoms with E-state index in [1.54, 1.807) is 11.8 Å². The van der Waals surface area contributed by atoms with Gasteiger partial charge in [-0.25, -0.2) is 5.43 Å². The lowest BCUT2D eigenvalue weighted by molar-refractivity contribution is 0.694. The first kappa shape index (κ1) is 11.1. The van der Waals surface area contributed by atoms with Crippen LogP contribution in [0.4, 0.5) is 0 Å². The first-order valence-corrected chi connectivity index (χ1v) is 5.37. The third kappa shape index (κ3) is 3.08. The summed E-state index contributed by atoms with van der Waals surface area (Å²) in [5, 5.41) is 0. The molecule has 0 aliphatic heterocycles. The lowest BCUT2D eigenvalue weighted by Gasteiger charge is -2.09. The molecule has 14 heavy (non-hydrogen) atoms. The average Bonchev–Trinajstić information content (AvgIpc) is 2.22. The number of rotatable bonds is 4. The lowest BCUT2D eigenvalue weighted by Crippen LogP contribution is -2.35. The van der Waals surface area contributed by atoms with Gasteiger partial charge in [0, 0.05) is 10.6 Å². The van der Waals surface area contributed by atoms with Crippen LogP contribution >= 0.6 is 11.8 Å². The molecule has 0 spiro atoms. The molecule has 0 fully saturated rings. The lowest BCUT2D eigenvalue weighted by atomic mass is 10.2. The van der Waals surface area contributed by atoms with Crippen molar-refractivity contribution in [2.45, 2.75) is 17.9 Å². The van der Waals surface area contributed by atoms with E-state index >= 15 is 0 Å². The van der Waals surface area contributed by atoms with Crippen LogP contribution in [-0.4, -0.2) is 11.8 Å². The van der Waals surface area contributed by atoms with Gasteiger partial charge >= 0.3 is 0 Å². The van der Waals surface area contributed by atoms with Crippen molar-refractivity contribution in [1.29, 1.82) is 0 Å². The third-order valence-corrected chi connectivity index (χ3v) is 3.17. The first-order valence-electron chi connectivity index (χ1n) is 4.38. The normalized spacial score (nSPS) is 12.1. The maximum absolute atomic E-state index is 5.28. The standard InChI is InChI=1S/C11H14N2S/c1-3-10(13-12)8-14-11-7-5-4-6-9(11)2/h1,4-7,10,13H,8,12H2,2H3. The highest BCUT2D eigenvalue weighted by atomic mass is 32.2. The number of hydrogen-bond donors (Lipinski definition) is 2. The van der Waals surface area contributed by atoms with Crippen molar-refractivity contribution in [1.82, 2.24) is 5.43 Å². The zero-order valence-corrected chi connectivity index (χ0v) is 8.97. The molecule has 0 aliphatic carbocycles. The second-order valence-electron chi connectivity index (χ2n) is 2.96. The molecule has 1 atom stereocenters. The molecule has 0 aromatic heterocycles. The van der Waals surface area contributed by atoms with E-state index in [-0.39, 0.29) is 6.04 Å². The maximum Gasteiger partial charge on any atom is 0.0908 e. The van der Waals surface area contributed by atoms with Gasteiger partial charge in [-0.1, -0.05) is 24.1 Å². The number of hydrogen-bond acceptors (Lipinski definition) is 3. The smallest absolute Gasteiger partial charge is 0.0908 e. The van der Waals surface area contributed by atoms with Gasteiger partial charge in [0.05, 0.1) is 6.04 Å². The Hall–Kier alpha value is -0.950. The van der Waals surface area contributed by atoms with Crippen LogP contribution in [0.15, 0.2) is 29.2 Å². The highest BCUT2D eigenvalue weighted by Gasteiger charge is 2.03. The Morgan fingerprint density at radius 3 is 2.86 bits per heavy atom. The summed E-state index contributed by atoms with van der Waals surface area (Å²) in [7, 11) is 0. The van der Waals surface area contributed by atoms with Crippen molar-refractivity contribution in [3.8, 4) is 12.3 Å². The zero-order valence-electron chi connectivity index (χ0n) is 8.16. The second-order valence-corrected chi connectivity index (χ2v) is 4.02. The van der Waals surface area contributed by atoms with Gasteiger partial charge in [0.1, 0.15) is 0 Å². The van der Waals surface area contributed by atoms with Gasteiger partial charge in [-0.3, -0.25) is 5.84 Å². The Bertz CT molecular complexity index is 330. The largest absolute Gasteiger partial charge is 0.270 e. The fourth-order valence-electron chi connectivity index (χ4n) is 1.04. The number of hydrazine groups is 1. The molecule has 1 unspecified atom stereocenters. The number of thioether (sulfide) groups is 1. The van der Waals surface area contributed by atoms with Crippen LogP contribution < -0.4 is 11.3 Å². The Morgan fingerprint density at radius 2 is 2.29 bits per heavy atom. The van der Waals surface area contributed by atoms with Gasteiger partial charge in [-0.2, -0.15) is 0 Å². The van der Waals surface area contributed by atoms with Gasteiger partial charge < -0.3 is 0 Å². The molecule has 0 radical (unpaired) electrons. The van der Waals surface area contributed by atoms with E-state index in [9.17, 15) is 0 Å². The quantitative estimate of drug-likeness (QED) is 0.340. The van der Waals surface area contributed by atoms with Crippen molar-refractivity contribution in [3.05, 3.63) is 29.8 Å². The van der Waals surface area contributed by atoms with Crippen LogP contribution in [0, 0.1) is 19.3 Å². The minimum Gasteiger partial charge on any atom is -0.270 e. The molecule has 3 heteroatoms. The van der Waals surface area contributed by atoms with E-state index in [1.807, 2.05) is 12.1 Å². The molecule has 0 heterocycles. The molecule has 1 aromatic rings.